The number of ether oxygens (including phenoxy) is 2. The van der Waals surface area contributed by atoms with Crippen molar-refractivity contribution in [2.75, 3.05) is 64.3 Å². The SMILES string of the molecule is CC1CN(CC2CCN(C(=O)Nc3ccc(C(C)N4CCOCC4)cc3)CC2)CC(C)O1. The Morgan fingerprint density at radius 1 is 1.03 bits per heavy atom. The number of urea groups is 1. The van der Waals surface area contributed by atoms with Crippen LogP contribution in [0.15, 0.2) is 24.3 Å². The number of piperidine rings is 1. The summed E-state index contributed by atoms with van der Waals surface area (Å²) < 4.78 is 11.3. The molecule has 3 aliphatic rings. The summed E-state index contributed by atoms with van der Waals surface area (Å²) in [5, 5.41) is 3.09. The highest BCUT2D eigenvalue weighted by atomic mass is 16.5. The molecular weight excluding hydrogens is 404 g/mol. The monoisotopic (exact) mass is 444 g/mol. The fourth-order valence-corrected chi connectivity index (χ4v) is 5.34. The van der Waals surface area contributed by atoms with Crippen LogP contribution in [0.25, 0.3) is 0 Å². The van der Waals surface area contributed by atoms with Gasteiger partial charge in [-0.2, -0.15) is 0 Å². The lowest BCUT2D eigenvalue weighted by Crippen LogP contribution is -2.49. The van der Waals surface area contributed by atoms with Crippen molar-refractivity contribution >= 4 is 11.7 Å². The number of amides is 2. The third-order valence-electron chi connectivity index (χ3n) is 7.15. The fourth-order valence-electron chi connectivity index (χ4n) is 5.34. The normalized spacial score (nSPS) is 27.3. The van der Waals surface area contributed by atoms with Crippen LogP contribution in [0, 0.1) is 5.92 Å². The van der Waals surface area contributed by atoms with Gasteiger partial charge in [-0.1, -0.05) is 12.1 Å². The predicted molar refractivity (Wildman–Crippen MR) is 127 cm³/mol. The highest BCUT2D eigenvalue weighted by molar-refractivity contribution is 5.89. The van der Waals surface area contributed by atoms with E-state index >= 15 is 0 Å². The third kappa shape index (κ3) is 6.22. The molecule has 7 nitrogen and oxygen atoms in total. The van der Waals surface area contributed by atoms with Crippen LogP contribution in [0.2, 0.25) is 0 Å². The van der Waals surface area contributed by atoms with Gasteiger partial charge in [0.2, 0.25) is 0 Å². The zero-order valence-electron chi connectivity index (χ0n) is 20.0. The number of carbonyl (C=O) groups is 1. The maximum absolute atomic E-state index is 12.8. The number of anilines is 1. The van der Waals surface area contributed by atoms with E-state index in [1.54, 1.807) is 0 Å². The van der Waals surface area contributed by atoms with Crippen molar-refractivity contribution in [3.05, 3.63) is 29.8 Å². The van der Waals surface area contributed by atoms with Crippen LogP contribution in [-0.4, -0.2) is 92.0 Å². The van der Waals surface area contributed by atoms with E-state index in [1.807, 2.05) is 17.0 Å². The molecule has 1 aromatic carbocycles. The van der Waals surface area contributed by atoms with E-state index < -0.39 is 0 Å². The molecule has 0 bridgehead atoms. The second-order valence-electron chi connectivity index (χ2n) is 9.78. The Morgan fingerprint density at radius 2 is 1.66 bits per heavy atom. The number of likely N-dealkylation sites (tertiary alicyclic amines) is 1. The summed E-state index contributed by atoms with van der Waals surface area (Å²) in [5.41, 5.74) is 2.14. The molecule has 7 heteroatoms. The number of morpholine rings is 2. The van der Waals surface area contributed by atoms with Gasteiger partial charge in [0.05, 0.1) is 25.4 Å². The van der Waals surface area contributed by atoms with Crippen molar-refractivity contribution in [1.29, 1.82) is 0 Å². The van der Waals surface area contributed by atoms with Gasteiger partial charge in [0, 0.05) is 57.5 Å². The minimum atomic E-state index is 0.0195. The molecule has 3 atom stereocenters. The largest absolute Gasteiger partial charge is 0.379 e. The Hall–Kier alpha value is -1.67. The minimum absolute atomic E-state index is 0.0195. The number of hydrogen-bond acceptors (Lipinski definition) is 5. The summed E-state index contributed by atoms with van der Waals surface area (Å²) in [6.07, 6.45) is 2.77. The molecule has 3 aliphatic heterocycles. The van der Waals surface area contributed by atoms with Gasteiger partial charge in [0.15, 0.2) is 0 Å². The average Bonchev–Trinajstić information content (AvgIpc) is 2.79. The lowest BCUT2D eigenvalue weighted by atomic mass is 9.96. The topological polar surface area (TPSA) is 57.3 Å². The molecule has 3 saturated heterocycles. The Balaban J connectivity index is 1.21. The first kappa shape index (κ1) is 23.5. The van der Waals surface area contributed by atoms with Gasteiger partial charge in [0.25, 0.3) is 0 Å². The van der Waals surface area contributed by atoms with Crippen molar-refractivity contribution < 1.29 is 14.3 Å². The van der Waals surface area contributed by atoms with Crippen molar-refractivity contribution in [2.45, 2.75) is 51.9 Å². The van der Waals surface area contributed by atoms with Crippen LogP contribution in [0.4, 0.5) is 10.5 Å². The lowest BCUT2D eigenvalue weighted by molar-refractivity contribution is -0.0728. The molecule has 0 aromatic heterocycles. The molecule has 0 radical (unpaired) electrons. The second-order valence-corrected chi connectivity index (χ2v) is 9.78. The van der Waals surface area contributed by atoms with E-state index in [9.17, 15) is 4.79 Å². The average molecular weight is 445 g/mol. The van der Waals surface area contributed by atoms with Gasteiger partial charge >= 0.3 is 6.03 Å². The summed E-state index contributed by atoms with van der Waals surface area (Å²) in [4.78, 5) is 19.7. The van der Waals surface area contributed by atoms with Crippen LogP contribution in [0.1, 0.15) is 45.2 Å². The quantitative estimate of drug-likeness (QED) is 0.754. The molecule has 0 aliphatic carbocycles. The molecule has 3 fully saturated rings. The molecule has 1 aromatic rings. The Morgan fingerprint density at radius 3 is 2.28 bits per heavy atom. The minimum Gasteiger partial charge on any atom is -0.379 e. The van der Waals surface area contributed by atoms with Crippen molar-refractivity contribution in [3.8, 4) is 0 Å². The molecule has 178 valence electrons. The third-order valence-corrected chi connectivity index (χ3v) is 7.15. The highest BCUT2D eigenvalue weighted by Crippen LogP contribution is 2.24. The molecule has 2 amide bonds. The molecule has 0 saturated carbocycles. The zero-order valence-corrected chi connectivity index (χ0v) is 20.0. The van der Waals surface area contributed by atoms with Crippen LogP contribution < -0.4 is 5.32 Å². The van der Waals surface area contributed by atoms with Crippen molar-refractivity contribution in [2.24, 2.45) is 5.92 Å². The number of rotatable bonds is 5. The molecule has 3 unspecified atom stereocenters. The van der Waals surface area contributed by atoms with E-state index in [4.69, 9.17) is 9.47 Å². The smallest absolute Gasteiger partial charge is 0.321 e. The van der Waals surface area contributed by atoms with Gasteiger partial charge < -0.3 is 19.7 Å². The molecule has 3 heterocycles. The summed E-state index contributed by atoms with van der Waals surface area (Å²) >= 11 is 0. The van der Waals surface area contributed by atoms with E-state index in [1.165, 1.54) is 5.56 Å². The maximum atomic E-state index is 12.8. The lowest BCUT2D eigenvalue weighted by Gasteiger charge is -2.39. The van der Waals surface area contributed by atoms with E-state index in [0.717, 1.165) is 77.6 Å². The van der Waals surface area contributed by atoms with E-state index in [-0.39, 0.29) is 6.03 Å². The molecular formula is C25H40N4O3. The van der Waals surface area contributed by atoms with Crippen LogP contribution >= 0.6 is 0 Å². The molecule has 4 rings (SSSR count). The van der Waals surface area contributed by atoms with Crippen LogP contribution in [0.5, 0.6) is 0 Å². The molecule has 1 N–H and O–H groups in total. The number of hydrogen-bond donors (Lipinski definition) is 1. The van der Waals surface area contributed by atoms with Gasteiger partial charge in [-0.3, -0.25) is 9.80 Å². The van der Waals surface area contributed by atoms with Crippen LogP contribution in [0.3, 0.4) is 0 Å². The zero-order chi connectivity index (χ0) is 22.5. The standard InChI is InChI=1S/C25H40N4O3/c1-19-16-27(17-20(2)32-19)18-22-8-10-29(11-9-22)25(30)26-24-6-4-23(5-7-24)21(3)28-12-14-31-15-13-28/h4-7,19-22H,8-18H2,1-3H3,(H,26,30). The Bertz CT molecular complexity index is 719. The number of nitrogens with zero attached hydrogens (tertiary/aromatic N) is 3. The number of nitrogens with one attached hydrogen (secondary N) is 1. The number of benzene rings is 1. The summed E-state index contributed by atoms with van der Waals surface area (Å²) in [6, 6.07) is 8.69. The number of carbonyl (C=O) groups excluding carboxylic acids is 1. The van der Waals surface area contributed by atoms with Crippen molar-refractivity contribution in [3.63, 3.8) is 0 Å². The van der Waals surface area contributed by atoms with Crippen molar-refractivity contribution in [1.82, 2.24) is 14.7 Å². The first-order valence-electron chi connectivity index (χ1n) is 12.3. The summed E-state index contributed by atoms with van der Waals surface area (Å²) in [5.74, 6) is 0.664. The van der Waals surface area contributed by atoms with E-state index in [0.29, 0.717) is 24.2 Å². The van der Waals surface area contributed by atoms with Crippen LogP contribution in [-0.2, 0) is 9.47 Å². The summed E-state index contributed by atoms with van der Waals surface area (Å²) in [6.45, 7) is 14.9. The van der Waals surface area contributed by atoms with Gasteiger partial charge in [-0.15, -0.1) is 0 Å². The van der Waals surface area contributed by atoms with Gasteiger partial charge in [-0.25, -0.2) is 4.79 Å². The van der Waals surface area contributed by atoms with E-state index in [2.05, 4.69) is 48.0 Å². The first-order valence-corrected chi connectivity index (χ1v) is 12.3. The first-order chi connectivity index (χ1) is 15.5. The maximum Gasteiger partial charge on any atom is 0.321 e. The predicted octanol–water partition coefficient (Wildman–Crippen LogP) is 3.43. The second kappa shape index (κ2) is 11.0. The highest BCUT2D eigenvalue weighted by Gasteiger charge is 2.28. The fraction of sp³-hybridized carbons (Fsp3) is 0.720. The molecule has 0 spiro atoms. The Labute approximate surface area is 193 Å². The molecule has 32 heavy (non-hydrogen) atoms. The Kier molecular flexibility index (Phi) is 8.05. The summed E-state index contributed by atoms with van der Waals surface area (Å²) in [7, 11) is 0. The van der Waals surface area contributed by atoms with Gasteiger partial charge in [-0.05, 0) is 57.2 Å². The van der Waals surface area contributed by atoms with Gasteiger partial charge in [0.1, 0.15) is 0 Å².